The smallest absolute Gasteiger partial charge is 0.251 e. The number of fused-ring (bicyclic) bond motifs is 3. The molecule has 4 rings (SSSR count). The number of Topliss-reactive ketones (excluding diaryl/α,β-unsaturated/α-hetero) is 2. The van der Waals surface area contributed by atoms with E-state index in [0.29, 0.717) is 35.5 Å². The van der Waals surface area contributed by atoms with Crippen molar-refractivity contribution in [2.24, 2.45) is 0 Å². The fourth-order valence-corrected chi connectivity index (χ4v) is 3.22. The Morgan fingerprint density at radius 1 is 1.00 bits per heavy atom. The Bertz CT molecular complexity index is 1020. The van der Waals surface area contributed by atoms with Crippen LogP contribution in [-0.4, -0.2) is 21.5 Å². The van der Waals surface area contributed by atoms with Gasteiger partial charge in [0, 0.05) is 17.5 Å². The minimum Gasteiger partial charge on any atom is -0.339 e. The number of aryl methyl sites for hydroxylation is 3. The number of aromatic amines is 1. The van der Waals surface area contributed by atoms with Crippen molar-refractivity contribution in [3.63, 3.8) is 0 Å². The molecule has 4 nitrogen and oxygen atoms in total. The van der Waals surface area contributed by atoms with Crippen LogP contribution in [0.1, 0.15) is 37.8 Å². The van der Waals surface area contributed by atoms with E-state index in [2.05, 4.69) is 9.97 Å². The van der Waals surface area contributed by atoms with Gasteiger partial charge in [-0.25, -0.2) is 9.37 Å². The summed E-state index contributed by atoms with van der Waals surface area (Å²) < 4.78 is 13.2. The van der Waals surface area contributed by atoms with Gasteiger partial charge in [-0.1, -0.05) is 30.3 Å². The third-order valence-corrected chi connectivity index (χ3v) is 4.55. The molecule has 0 saturated carbocycles. The van der Waals surface area contributed by atoms with E-state index in [4.69, 9.17) is 0 Å². The standard InChI is InChI=1S/C20H15FN2O2/c1-11-10-13(21)8-6-12(11)7-9-16-22-17-14-4-2-3-5-15(14)19(24)20(25)18(17)23-16/h2-6,8,10H,7,9H2,1H3,(H,22,23). The highest BCUT2D eigenvalue weighted by molar-refractivity contribution is 6.52. The van der Waals surface area contributed by atoms with Gasteiger partial charge in [0.2, 0.25) is 5.78 Å². The minimum atomic E-state index is -0.551. The maximum atomic E-state index is 13.2. The number of H-pyrrole nitrogens is 1. The molecule has 1 heterocycles. The summed E-state index contributed by atoms with van der Waals surface area (Å²) in [6, 6.07) is 11.7. The van der Waals surface area contributed by atoms with Gasteiger partial charge in [-0.3, -0.25) is 9.59 Å². The van der Waals surface area contributed by atoms with Crippen molar-refractivity contribution in [1.29, 1.82) is 0 Å². The number of carbonyl (C=O) groups is 2. The number of nitrogens with one attached hydrogen (secondary N) is 1. The fraction of sp³-hybridized carbons (Fsp3) is 0.150. The van der Waals surface area contributed by atoms with Crippen molar-refractivity contribution in [1.82, 2.24) is 9.97 Å². The van der Waals surface area contributed by atoms with Gasteiger partial charge in [-0.2, -0.15) is 0 Å². The molecule has 25 heavy (non-hydrogen) atoms. The van der Waals surface area contributed by atoms with E-state index in [-0.39, 0.29) is 11.5 Å². The molecule has 0 amide bonds. The largest absolute Gasteiger partial charge is 0.339 e. The first-order valence-electron chi connectivity index (χ1n) is 8.07. The van der Waals surface area contributed by atoms with Gasteiger partial charge in [0.25, 0.3) is 5.78 Å². The topological polar surface area (TPSA) is 62.8 Å². The fourth-order valence-electron chi connectivity index (χ4n) is 3.22. The van der Waals surface area contributed by atoms with Crippen LogP contribution < -0.4 is 0 Å². The van der Waals surface area contributed by atoms with E-state index in [1.807, 2.05) is 13.0 Å². The number of ketones is 2. The monoisotopic (exact) mass is 334 g/mol. The van der Waals surface area contributed by atoms with Crippen LogP contribution in [0.5, 0.6) is 0 Å². The number of rotatable bonds is 3. The Balaban J connectivity index is 1.66. The van der Waals surface area contributed by atoms with Crippen LogP contribution in [0.2, 0.25) is 0 Å². The molecule has 0 bridgehead atoms. The van der Waals surface area contributed by atoms with Gasteiger partial charge < -0.3 is 4.98 Å². The number of halogens is 1. The maximum absolute atomic E-state index is 13.2. The highest BCUT2D eigenvalue weighted by Crippen LogP contribution is 2.31. The summed E-state index contributed by atoms with van der Waals surface area (Å²) in [5.74, 6) is -0.667. The molecular formula is C20H15FN2O2. The molecular weight excluding hydrogens is 319 g/mol. The summed E-state index contributed by atoms with van der Waals surface area (Å²) in [5, 5.41) is 0. The molecule has 2 aromatic carbocycles. The Morgan fingerprint density at radius 2 is 1.76 bits per heavy atom. The van der Waals surface area contributed by atoms with Crippen molar-refractivity contribution in [2.75, 3.05) is 0 Å². The summed E-state index contributed by atoms with van der Waals surface area (Å²) in [6.45, 7) is 1.87. The zero-order chi connectivity index (χ0) is 17.6. The van der Waals surface area contributed by atoms with Gasteiger partial charge in [0.05, 0.1) is 0 Å². The van der Waals surface area contributed by atoms with Crippen LogP contribution in [0.25, 0.3) is 11.3 Å². The first kappa shape index (κ1) is 15.4. The van der Waals surface area contributed by atoms with Crippen LogP contribution >= 0.6 is 0 Å². The van der Waals surface area contributed by atoms with Crippen LogP contribution in [0.15, 0.2) is 42.5 Å². The van der Waals surface area contributed by atoms with Crippen LogP contribution in [0.3, 0.4) is 0 Å². The van der Waals surface area contributed by atoms with E-state index in [0.717, 1.165) is 11.1 Å². The summed E-state index contributed by atoms with van der Waals surface area (Å²) in [4.78, 5) is 32.0. The first-order valence-corrected chi connectivity index (χ1v) is 8.07. The molecule has 1 aromatic heterocycles. The van der Waals surface area contributed by atoms with Crippen molar-refractivity contribution < 1.29 is 14.0 Å². The number of imidazole rings is 1. The maximum Gasteiger partial charge on any atom is 0.251 e. The van der Waals surface area contributed by atoms with Gasteiger partial charge in [-0.15, -0.1) is 0 Å². The quantitative estimate of drug-likeness (QED) is 0.743. The van der Waals surface area contributed by atoms with E-state index >= 15 is 0 Å². The number of hydrogen-bond donors (Lipinski definition) is 1. The normalized spacial score (nSPS) is 12.9. The summed E-state index contributed by atoms with van der Waals surface area (Å²) in [6.07, 6.45) is 1.24. The molecule has 1 aliphatic rings. The SMILES string of the molecule is Cc1cc(F)ccc1CCc1nc2c([nH]1)C(=O)C(=O)c1ccccc1-2. The molecule has 1 N–H and O–H groups in total. The molecule has 0 fully saturated rings. The van der Waals surface area contributed by atoms with E-state index in [1.165, 1.54) is 12.1 Å². The Kier molecular flexibility index (Phi) is 3.57. The summed E-state index contributed by atoms with van der Waals surface area (Å²) in [7, 11) is 0. The van der Waals surface area contributed by atoms with Crippen molar-refractivity contribution in [3.8, 4) is 11.3 Å². The molecule has 0 radical (unpaired) electrons. The van der Waals surface area contributed by atoms with E-state index < -0.39 is 11.6 Å². The van der Waals surface area contributed by atoms with Crippen molar-refractivity contribution in [2.45, 2.75) is 19.8 Å². The lowest BCUT2D eigenvalue weighted by Crippen LogP contribution is -2.21. The predicted molar refractivity (Wildman–Crippen MR) is 91.2 cm³/mol. The first-order chi connectivity index (χ1) is 12.0. The van der Waals surface area contributed by atoms with Gasteiger partial charge in [0.1, 0.15) is 23.0 Å². The molecule has 0 aliphatic heterocycles. The third kappa shape index (κ3) is 2.58. The average molecular weight is 334 g/mol. The highest BCUT2D eigenvalue weighted by atomic mass is 19.1. The second kappa shape index (κ2) is 5.77. The van der Waals surface area contributed by atoms with Crippen LogP contribution in [0.4, 0.5) is 4.39 Å². The average Bonchev–Trinajstić information content (AvgIpc) is 3.03. The van der Waals surface area contributed by atoms with Gasteiger partial charge >= 0.3 is 0 Å². The van der Waals surface area contributed by atoms with Crippen LogP contribution in [-0.2, 0) is 12.8 Å². The highest BCUT2D eigenvalue weighted by Gasteiger charge is 2.33. The van der Waals surface area contributed by atoms with Crippen molar-refractivity contribution in [3.05, 3.63) is 76.5 Å². The second-order valence-electron chi connectivity index (χ2n) is 6.18. The van der Waals surface area contributed by atoms with Crippen molar-refractivity contribution >= 4 is 11.6 Å². The van der Waals surface area contributed by atoms with E-state index in [1.54, 1.807) is 24.3 Å². The summed E-state index contributed by atoms with van der Waals surface area (Å²) in [5.41, 5.74) is 3.78. The molecule has 0 spiro atoms. The Morgan fingerprint density at radius 3 is 2.52 bits per heavy atom. The molecule has 1 aliphatic carbocycles. The number of aromatic nitrogens is 2. The molecule has 5 heteroatoms. The Labute approximate surface area is 143 Å². The zero-order valence-corrected chi connectivity index (χ0v) is 13.6. The Hall–Kier alpha value is -3.08. The molecule has 0 saturated heterocycles. The lowest BCUT2D eigenvalue weighted by atomic mass is 9.90. The minimum absolute atomic E-state index is 0.254. The lowest BCUT2D eigenvalue weighted by molar-refractivity contribution is 0.0812. The third-order valence-electron chi connectivity index (χ3n) is 4.55. The molecule has 124 valence electrons. The predicted octanol–water partition coefficient (Wildman–Crippen LogP) is 3.69. The van der Waals surface area contributed by atoms with Gasteiger partial charge in [-0.05, 0) is 36.6 Å². The van der Waals surface area contributed by atoms with Gasteiger partial charge in [0.15, 0.2) is 0 Å². The molecule has 0 atom stereocenters. The molecule has 3 aromatic rings. The zero-order valence-electron chi connectivity index (χ0n) is 13.6. The number of nitrogens with zero attached hydrogens (tertiary/aromatic N) is 1. The van der Waals surface area contributed by atoms with E-state index in [9.17, 15) is 14.0 Å². The number of benzene rings is 2. The summed E-state index contributed by atoms with van der Waals surface area (Å²) >= 11 is 0. The van der Waals surface area contributed by atoms with Crippen LogP contribution in [0, 0.1) is 12.7 Å². The number of hydrogen-bond acceptors (Lipinski definition) is 3. The number of carbonyl (C=O) groups excluding carboxylic acids is 2. The lowest BCUT2D eigenvalue weighted by Gasteiger charge is -2.11. The second-order valence-corrected chi connectivity index (χ2v) is 6.18. The molecule has 0 unspecified atom stereocenters.